The van der Waals surface area contributed by atoms with Crippen LogP contribution in [0.15, 0.2) is 6.07 Å². The molecule has 0 heterocycles. The molecule has 4 nitrogen and oxygen atoms in total. The topological polar surface area (TPSA) is 55.8 Å². The molecule has 1 fully saturated rings. The number of phenolic OH excluding ortho intramolecular Hbond substituents is 1. The van der Waals surface area contributed by atoms with Gasteiger partial charge in [-0.2, -0.15) is 0 Å². The normalized spacial score (nSPS) is 26.3. The monoisotopic (exact) mass is 374 g/mol. The van der Waals surface area contributed by atoms with Crippen molar-refractivity contribution in [2.24, 2.45) is 11.3 Å². The maximum Gasteiger partial charge on any atom is 0.306 e. The highest BCUT2D eigenvalue weighted by Gasteiger charge is 2.55. The minimum absolute atomic E-state index is 0.125. The molecule has 1 N–H and O–H groups in total. The second kappa shape index (κ2) is 7.03. The van der Waals surface area contributed by atoms with E-state index in [-0.39, 0.29) is 28.5 Å². The summed E-state index contributed by atoms with van der Waals surface area (Å²) in [7, 11) is 3.07. The Balaban J connectivity index is 2.28. The third-order valence-electron chi connectivity index (χ3n) is 7.13. The van der Waals surface area contributed by atoms with Crippen LogP contribution in [0.25, 0.3) is 0 Å². The van der Waals surface area contributed by atoms with E-state index in [1.54, 1.807) is 7.11 Å². The van der Waals surface area contributed by atoms with Gasteiger partial charge in [-0.25, -0.2) is 0 Å². The zero-order valence-electron chi connectivity index (χ0n) is 17.6. The summed E-state index contributed by atoms with van der Waals surface area (Å²) < 4.78 is 10.7. The molecular weight excluding hydrogens is 340 g/mol. The van der Waals surface area contributed by atoms with E-state index in [1.807, 2.05) is 0 Å². The SMILES string of the molecule is COC(=O)C[C@]12CCCC(C)(C)[C@@H]1CCc1cc(C(C)C)c(OC)c(O)c12. The minimum Gasteiger partial charge on any atom is -0.504 e. The molecule has 2 aliphatic rings. The summed E-state index contributed by atoms with van der Waals surface area (Å²) in [6.07, 6.45) is 5.40. The lowest BCUT2D eigenvalue weighted by Crippen LogP contribution is -2.51. The van der Waals surface area contributed by atoms with Crippen molar-refractivity contribution in [2.45, 2.75) is 77.6 Å². The second-order valence-corrected chi connectivity index (χ2v) is 9.38. The van der Waals surface area contributed by atoms with Gasteiger partial charge in [0.15, 0.2) is 11.5 Å². The molecule has 4 heteroatoms. The number of hydrogen-bond acceptors (Lipinski definition) is 4. The van der Waals surface area contributed by atoms with Crippen LogP contribution < -0.4 is 4.74 Å². The first-order valence-corrected chi connectivity index (χ1v) is 10.2. The molecule has 0 aromatic heterocycles. The number of rotatable bonds is 4. The van der Waals surface area contributed by atoms with Crippen LogP contribution in [0.5, 0.6) is 11.5 Å². The molecule has 3 rings (SSSR count). The number of carbonyl (C=O) groups excluding carboxylic acids is 1. The van der Waals surface area contributed by atoms with Crippen LogP contribution in [0.1, 0.15) is 82.4 Å². The lowest BCUT2D eigenvalue weighted by molar-refractivity contribution is -0.144. The molecule has 0 unspecified atom stereocenters. The van der Waals surface area contributed by atoms with Gasteiger partial charge in [-0.1, -0.05) is 40.2 Å². The van der Waals surface area contributed by atoms with Gasteiger partial charge in [-0.05, 0) is 48.5 Å². The Labute approximate surface area is 163 Å². The summed E-state index contributed by atoms with van der Waals surface area (Å²) in [5.74, 6) is 1.21. The highest BCUT2D eigenvalue weighted by atomic mass is 16.5. The lowest BCUT2D eigenvalue weighted by atomic mass is 9.48. The van der Waals surface area contributed by atoms with Gasteiger partial charge in [0.2, 0.25) is 0 Å². The number of methoxy groups -OCH3 is 2. The highest BCUT2D eigenvalue weighted by Crippen LogP contribution is 2.62. The van der Waals surface area contributed by atoms with E-state index in [1.165, 1.54) is 12.7 Å². The molecule has 2 aliphatic carbocycles. The fourth-order valence-electron chi connectivity index (χ4n) is 5.98. The van der Waals surface area contributed by atoms with Crippen molar-refractivity contribution in [3.8, 4) is 11.5 Å². The maximum absolute atomic E-state index is 12.5. The van der Waals surface area contributed by atoms with Crippen molar-refractivity contribution in [3.63, 3.8) is 0 Å². The standard InChI is InChI=1S/C23H34O4/c1-14(2)16-12-15-8-9-17-22(3,4)10-7-11-23(17,13-18(24)26-5)19(15)20(25)21(16)27-6/h12,14,17,25H,7-11,13H2,1-6H3/t17-,23+/m0/s1. The molecular formula is C23H34O4. The van der Waals surface area contributed by atoms with Crippen LogP contribution in [0.3, 0.4) is 0 Å². The van der Waals surface area contributed by atoms with Crippen LogP contribution >= 0.6 is 0 Å². The second-order valence-electron chi connectivity index (χ2n) is 9.38. The number of carbonyl (C=O) groups is 1. The number of phenols is 1. The summed E-state index contributed by atoms with van der Waals surface area (Å²) in [6, 6.07) is 2.20. The maximum atomic E-state index is 12.5. The van der Waals surface area contributed by atoms with Gasteiger partial charge in [0, 0.05) is 16.5 Å². The van der Waals surface area contributed by atoms with E-state index in [4.69, 9.17) is 9.47 Å². The number of aromatic hydroxyl groups is 1. The fraction of sp³-hybridized carbons (Fsp3) is 0.696. The average molecular weight is 375 g/mol. The quantitative estimate of drug-likeness (QED) is 0.745. The molecule has 27 heavy (non-hydrogen) atoms. The zero-order chi connectivity index (χ0) is 20.0. The van der Waals surface area contributed by atoms with Crippen LogP contribution in [0.2, 0.25) is 0 Å². The number of fused-ring (bicyclic) bond motifs is 3. The van der Waals surface area contributed by atoms with E-state index >= 15 is 0 Å². The molecule has 150 valence electrons. The number of hydrogen-bond donors (Lipinski definition) is 1. The number of ether oxygens (including phenoxy) is 2. The first kappa shape index (κ1) is 20.0. The van der Waals surface area contributed by atoms with E-state index in [0.717, 1.165) is 43.2 Å². The summed E-state index contributed by atoms with van der Waals surface area (Å²) >= 11 is 0. The van der Waals surface area contributed by atoms with Gasteiger partial charge in [-0.15, -0.1) is 0 Å². The lowest BCUT2D eigenvalue weighted by Gasteiger charge is -2.55. The Morgan fingerprint density at radius 3 is 2.59 bits per heavy atom. The van der Waals surface area contributed by atoms with E-state index < -0.39 is 0 Å². The number of esters is 1. The predicted octanol–water partition coefficient (Wildman–Crippen LogP) is 5.10. The van der Waals surface area contributed by atoms with Gasteiger partial charge in [0.05, 0.1) is 20.6 Å². The van der Waals surface area contributed by atoms with Crippen LogP contribution in [-0.4, -0.2) is 25.3 Å². The Kier molecular flexibility index (Phi) is 5.22. The summed E-state index contributed by atoms with van der Waals surface area (Å²) in [5, 5.41) is 11.3. The molecule has 0 amide bonds. The van der Waals surface area contributed by atoms with Crippen molar-refractivity contribution in [1.29, 1.82) is 0 Å². The van der Waals surface area contributed by atoms with Crippen LogP contribution in [0.4, 0.5) is 0 Å². The molecule has 0 saturated heterocycles. The molecule has 0 aliphatic heterocycles. The fourth-order valence-corrected chi connectivity index (χ4v) is 5.98. The number of aryl methyl sites for hydroxylation is 1. The third-order valence-corrected chi connectivity index (χ3v) is 7.13. The average Bonchev–Trinajstić information content (AvgIpc) is 2.60. The molecule has 1 aromatic carbocycles. The Hall–Kier alpha value is -1.71. The molecule has 1 aromatic rings. The minimum atomic E-state index is -0.380. The Bertz CT molecular complexity index is 734. The molecule has 2 atom stereocenters. The molecule has 0 bridgehead atoms. The van der Waals surface area contributed by atoms with E-state index in [0.29, 0.717) is 18.1 Å². The van der Waals surface area contributed by atoms with Gasteiger partial charge in [0.25, 0.3) is 0 Å². The Morgan fingerprint density at radius 1 is 1.30 bits per heavy atom. The van der Waals surface area contributed by atoms with Crippen molar-refractivity contribution in [2.75, 3.05) is 14.2 Å². The van der Waals surface area contributed by atoms with Gasteiger partial charge in [0.1, 0.15) is 0 Å². The predicted molar refractivity (Wildman–Crippen MR) is 107 cm³/mol. The van der Waals surface area contributed by atoms with E-state index in [2.05, 4.69) is 33.8 Å². The smallest absolute Gasteiger partial charge is 0.306 e. The largest absolute Gasteiger partial charge is 0.504 e. The highest BCUT2D eigenvalue weighted by molar-refractivity contribution is 5.73. The first-order valence-electron chi connectivity index (χ1n) is 10.2. The van der Waals surface area contributed by atoms with Gasteiger partial charge < -0.3 is 14.6 Å². The molecule has 1 saturated carbocycles. The van der Waals surface area contributed by atoms with Crippen LogP contribution in [0, 0.1) is 11.3 Å². The summed E-state index contributed by atoms with van der Waals surface area (Å²) in [4.78, 5) is 12.5. The Morgan fingerprint density at radius 2 is 2.00 bits per heavy atom. The van der Waals surface area contributed by atoms with Gasteiger partial charge in [-0.3, -0.25) is 4.79 Å². The molecule has 0 radical (unpaired) electrons. The van der Waals surface area contributed by atoms with Crippen molar-refractivity contribution < 1.29 is 19.4 Å². The zero-order valence-corrected chi connectivity index (χ0v) is 17.6. The van der Waals surface area contributed by atoms with Gasteiger partial charge >= 0.3 is 5.97 Å². The summed E-state index contributed by atoms with van der Waals surface area (Å²) in [6.45, 7) is 8.85. The van der Waals surface area contributed by atoms with Crippen molar-refractivity contribution >= 4 is 5.97 Å². The molecule has 0 spiro atoms. The van der Waals surface area contributed by atoms with Crippen LogP contribution in [-0.2, 0) is 21.4 Å². The number of benzene rings is 1. The summed E-state index contributed by atoms with van der Waals surface area (Å²) in [5.41, 5.74) is 2.90. The third kappa shape index (κ3) is 3.11. The first-order chi connectivity index (χ1) is 12.7. The van der Waals surface area contributed by atoms with Crippen molar-refractivity contribution in [3.05, 3.63) is 22.8 Å². The van der Waals surface area contributed by atoms with Crippen molar-refractivity contribution in [1.82, 2.24) is 0 Å². The van der Waals surface area contributed by atoms with E-state index in [9.17, 15) is 9.90 Å².